The van der Waals surface area contributed by atoms with E-state index in [1.807, 2.05) is 46.7 Å². The van der Waals surface area contributed by atoms with E-state index in [2.05, 4.69) is 15.3 Å². The Morgan fingerprint density at radius 1 is 1.15 bits per heavy atom. The Morgan fingerprint density at radius 2 is 1.85 bits per heavy atom. The van der Waals surface area contributed by atoms with Crippen molar-refractivity contribution in [3.8, 4) is 0 Å². The molecule has 0 spiro atoms. The number of aliphatic hydroxyl groups excluding tert-OH is 2. The normalized spacial score (nSPS) is 39.6. The minimum absolute atomic E-state index is 0.102. The molecule has 0 radical (unpaired) electrons. The lowest BCUT2D eigenvalue weighted by Gasteiger charge is -2.48. The fourth-order valence-electron chi connectivity index (χ4n) is 8.51. The summed E-state index contributed by atoms with van der Waals surface area (Å²) in [5, 5.41) is 29.1. The highest BCUT2D eigenvalue weighted by Crippen LogP contribution is 2.41. The molecule has 3 saturated heterocycles. The van der Waals surface area contributed by atoms with Gasteiger partial charge in [0.2, 0.25) is 0 Å². The Morgan fingerprint density at radius 3 is 2.44 bits per heavy atom. The zero-order valence-electron chi connectivity index (χ0n) is 32.8. The van der Waals surface area contributed by atoms with Crippen LogP contribution in [-0.4, -0.2) is 145 Å². The molecule has 0 aromatic rings. The molecule has 16 heteroatoms. The number of rotatable bonds is 12. The number of amides is 1. The number of ketones is 1. The van der Waals surface area contributed by atoms with E-state index in [0.29, 0.717) is 51.7 Å². The highest BCUT2D eigenvalue weighted by molar-refractivity contribution is 6.00. The second kappa shape index (κ2) is 19.2. The van der Waals surface area contributed by atoms with Gasteiger partial charge in [0.05, 0.1) is 23.9 Å². The van der Waals surface area contributed by atoms with Gasteiger partial charge in [0.25, 0.3) is 0 Å². The third-order valence-electron chi connectivity index (χ3n) is 11.4. The molecule has 52 heavy (non-hydrogen) atoms. The minimum Gasteiger partial charge on any atom is -0.458 e. The molecule has 1 amide bonds. The van der Waals surface area contributed by atoms with Crippen LogP contribution in [0.4, 0.5) is 4.79 Å². The van der Waals surface area contributed by atoms with Crippen LogP contribution in [-0.2, 0) is 33.3 Å². The number of fused-ring (bicyclic) bond motifs is 1. The molecular formula is C36H64N6O10. The molecule has 3 unspecified atom stereocenters. The molecule has 3 rings (SSSR count). The molecule has 3 heterocycles. The van der Waals surface area contributed by atoms with Gasteiger partial charge in [-0.3, -0.25) is 14.5 Å². The Labute approximate surface area is 308 Å². The average molecular weight is 741 g/mol. The molecule has 0 aromatic heterocycles. The molecule has 3 aliphatic rings. The maximum Gasteiger partial charge on any atom is 0.410 e. The Kier molecular flexibility index (Phi) is 16.1. The van der Waals surface area contributed by atoms with Crippen LogP contribution >= 0.6 is 0 Å². The number of aliphatic hydroxyl groups is 2. The number of ether oxygens (including phenoxy) is 5. The fourth-order valence-corrected chi connectivity index (χ4v) is 8.51. The van der Waals surface area contributed by atoms with Gasteiger partial charge in [0.1, 0.15) is 18.1 Å². The zero-order valence-corrected chi connectivity index (χ0v) is 32.8. The van der Waals surface area contributed by atoms with E-state index in [1.54, 1.807) is 18.7 Å². The number of esters is 1. The molecule has 16 nitrogen and oxygen atoms in total. The summed E-state index contributed by atoms with van der Waals surface area (Å²) in [6, 6.07) is -1.18. The van der Waals surface area contributed by atoms with Crippen molar-refractivity contribution in [1.29, 1.82) is 0 Å². The predicted molar refractivity (Wildman–Crippen MR) is 192 cm³/mol. The standard InChI is InChI=1S/C36H64N6O10/c1-11-27-35(7)30(42(34(47)52-35)16-13-12-15-39-40-37)25(6)38-20-21(2)19-36(48-10,14-17-43)31(23(4)28(44)24(5)32(46)50-27)51-33-29(45)26(41(8)9)18-22(3)49-33/h21-27,29-31,33,38,43,45H,11-20H2,1-10H3/t21-,22?,23+,24-,25-,26?,27-,29?,30-,31-,33+,35-,36-/m1/s1. The van der Waals surface area contributed by atoms with Crippen LogP contribution in [0.15, 0.2) is 5.11 Å². The molecule has 0 aliphatic carbocycles. The molecule has 298 valence electrons. The van der Waals surface area contributed by atoms with E-state index in [1.165, 1.54) is 14.0 Å². The highest BCUT2D eigenvalue weighted by atomic mass is 16.7. The van der Waals surface area contributed by atoms with E-state index >= 15 is 0 Å². The summed E-state index contributed by atoms with van der Waals surface area (Å²) in [5.41, 5.74) is 6.17. The molecule has 3 aliphatic heterocycles. The van der Waals surface area contributed by atoms with Gasteiger partial charge in [-0.1, -0.05) is 25.9 Å². The first-order valence-corrected chi connectivity index (χ1v) is 18.8. The Balaban J connectivity index is 2.08. The molecule has 3 fully saturated rings. The van der Waals surface area contributed by atoms with Crippen molar-refractivity contribution >= 4 is 17.8 Å². The monoisotopic (exact) mass is 740 g/mol. The topological polar surface area (TPSA) is 205 Å². The fraction of sp³-hybridized carbons (Fsp3) is 0.917. The maximum atomic E-state index is 14.4. The van der Waals surface area contributed by atoms with Crippen molar-refractivity contribution in [1.82, 2.24) is 15.1 Å². The summed E-state index contributed by atoms with van der Waals surface area (Å²) in [6.45, 7) is 13.4. The summed E-state index contributed by atoms with van der Waals surface area (Å²) in [7, 11) is 5.26. The van der Waals surface area contributed by atoms with Crippen LogP contribution in [0, 0.1) is 17.8 Å². The van der Waals surface area contributed by atoms with Crippen molar-refractivity contribution in [3.63, 3.8) is 0 Å². The van der Waals surface area contributed by atoms with Gasteiger partial charge in [-0.05, 0) is 91.9 Å². The number of azide groups is 1. The molecule has 0 saturated carbocycles. The smallest absolute Gasteiger partial charge is 0.410 e. The zero-order chi connectivity index (χ0) is 39.0. The summed E-state index contributed by atoms with van der Waals surface area (Å²) < 4.78 is 31.3. The van der Waals surface area contributed by atoms with Gasteiger partial charge in [0, 0.05) is 56.1 Å². The largest absolute Gasteiger partial charge is 0.458 e. The second-order valence-corrected chi connectivity index (χ2v) is 15.5. The van der Waals surface area contributed by atoms with Crippen LogP contribution in [0.2, 0.25) is 0 Å². The Bertz CT molecular complexity index is 1250. The van der Waals surface area contributed by atoms with Crippen molar-refractivity contribution in [2.24, 2.45) is 22.9 Å². The van der Waals surface area contributed by atoms with E-state index < -0.39 is 71.5 Å². The molecule has 13 atom stereocenters. The van der Waals surface area contributed by atoms with Gasteiger partial charge in [0.15, 0.2) is 17.7 Å². The average Bonchev–Trinajstić information content (AvgIpc) is 3.36. The number of carbonyl (C=O) groups excluding carboxylic acids is 3. The number of hydrogen-bond acceptors (Lipinski definition) is 13. The lowest BCUT2D eigenvalue weighted by atomic mass is 9.76. The van der Waals surface area contributed by atoms with E-state index in [0.717, 1.165) is 0 Å². The first kappa shape index (κ1) is 43.8. The van der Waals surface area contributed by atoms with Crippen LogP contribution in [0.25, 0.3) is 10.4 Å². The minimum atomic E-state index is -1.26. The van der Waals surface area contributed by atoms with Crippen LogP contribution < -0.4 is 5.32 Å². The van der Waals surface area contributed by atoms with Gasteiger partial charge >= 0.3 is 12.1 Å². The molecular weight excluding hydrogens is 676 g/mol. The van der Waals surface area contributed by atoms with E-state index in [4.69, 9.17) is 29.2 Å². The van der Waals surface area contributed by atoms with Crippen LogP contribution in [0.3, 0.4) is 0 Å². The summed E-state index contributed by atoms with van der Waals surface area (Å²) in [6.07, 6.45) is -2.41. The maximum absolute atomic E-state index is 14.4. The molecule has 0 bridgehead atoms. The number of nitrogens with one attached hydrogen (secondary N) is 1. The van der Waals surface area contributed by atoms with Crippen LogP contribution in [0.5, 0.6) is 0 Å². The SMILES string of the molecule is CC[C@H]1OC(=O)[C@H](C)C(=O)[C@H](C)[C@@H](O[C@@H]2OC(C)CC(N(C)C)C2O)[C@](CCO)(OC)C[C@@H](C)CN[C@H](C)[C@H]2N(CCCCN=[N+]=[N-])C(=O)O[C@]12C. The highest BCUT2D eigenvalue weighted by Gasteiger charge is 2.59. The van der Waals surface area contributed by atoms with Crippen LogP contribution in [0.1, 0.15) is 87.0 Å². The van der Waals surface area contributed by atoms with Gasteiger partial charge in [-0.15, -0.1) is 0 Å². The number of carbonyl (C=O) groups is 3. The van der Waals surface area contributed by atoms with E-state index in [-0.39, 0.29) is 37.1 Å². The summed E-state index contributed by atoms with van der Waals surface area (Å²) in [4.78, 5) is 48.1. The third-order valence-corrected chi connectivity index (χ3v) is 11.4. The van der Waals surface area contributed by atoms with Gasteiger partial charge in [-0.2, -0.15) is 0 Å². The number of methoxy groups -OCH3 is 1. The number of cyclic esters (lactones) is 1. The first-order chi connectivity index (χ1) is 24.5. The number of unbranched alkanes of at least 4 members (excludes halogenated alkanes) is 1. The van der Waals surface area contributed by atoms with Crippen molar-refractivity contribution in [3.05, 3.63) is 10.4 Å². The number of likely N-dealkylation sites (N-methyl/N-ethyl adjacent to an activating group) is 1. The predicted octanol–water partition coefficient (Wildman–Crippen LogP) is 3.42. The number of nitrogens with zero attached hydrogens (tertiary/aromatic N) is 5. The van der Waals surface area contributed by atoms with Crippen molar-refractivity contribution < 1.29 is 48.3 Å². The Hall–Kier alpha value is -2.56. The van der Waals surface area contributed by atoms with Crippen molar-refractivity contribution in [2.75, 3.05) is 47.4 Å². The number of Topliss-reactive ketones (excluding diaryl/α,β-unsaturated/α-hetero) is 1. The summed E-state index contributed by atoms with van der Waals surface area (Å²) in [5.74, 6) is -3.55. The molecule has 3 N–H and O–H groups in total. The van der Waals surface area contributed by atoms with Gasteiger partial charge < -0.3 is 44.1 Å². The third kappa shape index (κ3) is 9.75. The second-order valence-electron chi connectivity index (χ2n) is 15.5. The van der Waals surface area contributed by atoms with Crippen molar-refractivity contribution in [2.45, 2.75) is 147 Å². The molecule has 0 aromatic carbocycles. The lowest BCUT2D eigenvalue weighted by molar-refractivity contribution is -0.298. The van der Waals surface area contributed by atoms with Gasteiger partial charge in [-0.25, -0.2) is 4.79 Å². The quantitative estimate of drug-likeness (QED) is 0.0658. The summed E-state index contributed by atoms with van der Waals surface area (Å²) >= 11 is 0. The van der Waals surface area contributed by atoms with E-state index in [9.17, 15) is 24.6 Å². The number of hydrogen-bond donors (Lipinski definition) is 3. The lowest BCUT2D eigenvalue weighted by Crippen LogP contribution is -2.61. The first-order valence-electron chi connectivity index (χ1n) is 18.8.